The zero-order valence-electron chi connectivity index (χ0n) is 9.27. The molecule has 0 fully saturated rings. The summed E-state index contributed by atoms with van der Waals surface area (Å²) in [7, 11) is 3.98. The summed E-state index contributed by atoms with van der Waals surface area (Å²) in [6.45, 7) is 0. The Labute approximate surface area is 91.5 Å². The molecule has 1 rings (SSSR count). The van der Waals surface area contributed by atoms with E-state index < -0.39 is 6.10 Å². The maximum absolute atomic E-state index is 9.77. The zero-order chi connectivity index (χ0) is 11.3. The SMILES string of the molecule is C#CCCC(O)c1ccc(N(C)C)cc1. The highest BCUT2D eigenvalue weighted by Gasteiger charge is 2.06. The van der Waals surface area contributed by atoms with Gasteiger partial charge in [0.2, 0.25) is 0 Å². The predicted octanol–water partition coefficient (Wildman–Crippen LogP) is 2.20. The summed E-state index contributed by atoms with van der Waals surface area (Å²) in [6, 6.07) is 7.87. The van der Waals surface area contributed by atoms with Crippen molar-refractivity contribution in [2.45, 2.75) is 18.9 Å². The molecule has 0 aromatic heterocycles. The number of anilines is 1. The average Bonchev–Trinajstić information content (AvgIpc) is 2.26. The van der Waals surface area contributed by atoms with Gasteiger partial charge in [0.1, 0.15) is 0 Å². The molecule has 0 aliphatic heterocycles. The van der Waals surface area contributed by atoms with Crippen LogP contribution in [0.1, 0.15) is 24.5 Å². The third-order valence-corrected chi connectivity index (χ3v) is 2.36. The summed E-state index contributed by atoms with van der Waals surface area (Å²) in [5.74, 6) is 2.53. The Bertz CT molecular complexity index is 335. The predicted molar refractivity (Wildman–Crippen MR) is 63.8 cm³/mol. The van der Waals surface area contributed by atoms with E-state index in [1.54, 1.807) is 0 Å². The lowest BCUT2D eigenvalue weighted by molar-refractivity contribution is 0.169. The molecule has 1 aromatic rings. The highest BCUT2D eigenvalue weighted by atomic mass is 16.3. The molecule has 2 heteroatoms. The second kappa shape index (κ2) is 5.43. The van der Waals surface area contributed by atoms with Crippen molar-refractivity contribution in [1.29, 1.82) is 0 Å². The van der Waals surface area contributed by atoms with E-state index in [0.717, 1.165) is 11.3 Å². The van der Waals surface area contributed by atoms with Gasteiger partial charge in [-0.3, -0.25) is 0 Å². The minimum atomic E-state index is -0.447. The lowest BCUT2D eigenvalue weighted by Crippen LogP contribution is -2.08. The van der Waals surface area contributed by atoms with Crippen LogP contribution in [0.3, 0.4) is 0 Å². The number of aliphatic hydroxyl groups is 1. The summed E-state index contributed by atoms with van der Waals surface area (Å²) >= 11 is 0. The maximum atomic E-state index is 9.77. The molecular weight excluding hydrogens is 186 g/mol. The van der Waals surface area contributed by atoms with Gasteiger partial charge in [-0.25, -0.2) is 0 Å². The molecule has 0 bridgehead atoms. The minimum Gasteiger partial charge on any atom is -0.388 e. The standard InChI is InChI=1S/C13H17NO/c1-4-5-6-13(15)11-7-9-12(10-8-11)14(2)3/h1,7-10,13,15H,5-6H2,2-3H3. The van der Waals surface area contributed by atoms with E-state index in [1.165, 1.54) is 0 Å². The van der Waals surface area contributed by atoms with E-state index in [1.807, 2.05) is 43.3 Å². The largest absolute Gasteiger partial charge is 0.388 e. The molecule has 0 heterocycles. The van der Waals surface area contributed by atoms with Gasteiger partial charge in [-0.1, -0.05) is 12.1 Å². The number of rotatable bonds is 4. The average molecular weight is 203 g/mol. The van der Waals surface area contributed by atoms with Crippen LogP contribution in [0, 0.1) is 12.3 Å². The molecule has 0 saturated heterocycles. The third-order valence-electron chi connectivity index (χ3n) is 2.36. The van der Waals surface area contributed by atoms with E-state index in [2.05, 4.69) is 5.92 Å². The molecule has 1 unspecified atom stereocenters. The van der Waals surface area contributed by atoms with Gasteiger partial charge in [0, 0.05) is 26.2 Å². The van der Waals surface area contributed by atoms with Crippen LogP contribution in [-0.4, -0.2) is 19.2 Å². The number of hydrogen-bond acceptors (Lipinski definition) is 2. The molecule has 1 aromatic carbocycles. The van der Waals surface area contributed by atoms with Crippen molar-refractivity contribution in [2.75, 3.05) is 19.0 Å². The first kappa shape index (κ1) is 11.6. The van der Waals surface area contributed by atoms with Crippen molar-refractivity contribution in [2.24, 2.45) is 0 Å². The summed E-state index contributed by atoms with van der Waals surface area (Å²) in [6.07, 6.45) is 5.93. The Balaban J connectivity index is 2.67. The Hall–Kier alpha value is -1.46. The molecule has 2 nitrogen and oxygen atoms in total. The van der Waals surface area contributed by atoms with Crippen LogP contribution < -0.4 is 4.90 Å². The maximum Gasteiger partial charge on any atom is 0.0799 e. The lowest BCUT2D eigenvalue weighted by Gasteiger charge is -2.14. The number of hydrogen-bond donors (Lipinski definition) is 1. The van der Waals surface area contributed by atoms with Gasteiger partial charge in [0.15, 0.2) is 0 Å². The van der Waals surface area contributed by atoms with Crippen LogP contribution in [0.5, 0.6) is 0 Å². The fraction of sp³-hybridized carbons (Fsp3) is 0.385. The topological polar surface area (TPSA) is 23.5 Å². The lowest BCUT2D eigenvalue weighted by atomic mass is 10.0. The van der Waals surface area contributed by atoms with Crippen molar-refractivity contribution in [3.63, 3.8) is 0 Å². The normalized spacial score (nSPS) is 11.9. The second-order valence-corrected chi connectivity index (χ2v) is 3.74. The molecule has 1 N–H and O–H groups in total. The molecule has 0 aliphatic carbocycles. The van der Waals surface area contributed by atoms with Gasteiger partial charge in [-0.15, -0.1) is 12.3 Å². The summed E-state index contributed by atoms with van der Waals surface area (Å²) in [5.41, 5.74) is 2.05. The van der Waals surface area contributed by atoms with E-state index >= 15 is 0 Å². The second-order valence-electron chi connectivity index (χ2n) is 3.74. The van der Waals surface area contributed by atoms with Gasteiger partial charge in [-0.2, -0.15) is 0 Å². The smallest absolute Gasteiger partial charge is 0.0799 e. The van der Waals surface area contributed by atoms with Crippen LogP contribution >= 0.6 is 0 Å². The first-order chi connectivity index (χ1) is 7.15. The Morgan fingerprint density at radius 1 is 1.33 bits per heavy atom. The van der Waals surface area contributed by atoms with E-state index in [-0.39, 0.29) is 0 Å². The Kier molecular flexibility index (Phi) is 4.20. The molecule has 15 heavy (non-hydrogen) atoms. The third kappa shape index (κ3) is 3.30. The fourth-order valence-electron chi connectivity index (χ4n) is 1.38. The van der Waals surface area contributed by atoms with Crippen LogP contribution in [0.25, 0.3) is 0 Å². The Morgan fingerprint density at radius 2 is 1.93 bits per heavy atom. The van der Waals surface area contributed by atoms with Crippen molar-refractivity contribution >= 4 is 5.69 Å². The monoisotopic (exact) mass is 203 g/mol. The van der Waals surface area contributed by atoms with Gasteiger partial charge < -0.3 is 10.0 Å². The van der Waals surface area contributed by atoms with Crippen LogP contribution in [-0.2, 0) is 0 Å². The summed E-state index contributed by atoms with van der Waals surface area (Å²) in [4.78, 5) is 2.03. The highest BCUT2D eigenvalue weighted by Crippen LogP contribution is 2.20. The Morgan fingerprint density at radius 3 is 2.40 bits per heavy atom. The fourth-order valence-corrected chi connectivity index (χ4v) is 1.38. The first-order valence-electron chi connectivity index (χ1n) is 5.04. The number of benzene rings is 1. The van der Waals surface area contributed by atoms with Gasteiger partial charge >= 0.3 is 0 Å². The highest BCUT2D eigenvalue weighted by molar-refractivity contribution is 5.46. The van der Waals surface area contributed by atoms with Crippen molar-refractivity contribution in [1.82, 2.24) is 0 Å². The van der Waals surface area contributed by atoms with Gasteiger partial charge in [0.05, 0.1) is 6.10 Å². The molecule has 0 amide bonds. The van der Waals surface area contributed by atoms with Crippen LogP contribution in [0.15, 0.2) is 24.3 Å². The molecule has 0 radical (unpaired) electrons. The first-order valence-corrected chi connectivity index (χ1v) is 5.04. The molecule has 0 aliphatic rings. The number of aliphatic hydroxyl groups excluding tert-OH is 1. The van der Waals surface area contributed by atoms with Crippen LogP contribution in [0.2, 0.25) is 0 Å². The number of terminal acetylenes is 1. The van der Waals surface area contributed by atoms with Crippen molar-refractivity contribution < 1.29 is 5.11 Å². The molecule has 1 atom stereocenters. The van der Waals surface area contributed by atoms with Crippen LogP contribution in [0.4, 0.5) is 5.69 Å². The molecule has 0 spiro atoms. The summed E-state index contributed by atoms with van der Waals surface area (Å²) in [5, 5.41) is 9.77. The molecule has 0 saturated carbocycles. The zero-order valence-corrected chi connectivity index (χ0v) is 9.27. The molecular formula is C13H17NO. The van der Waals surface area contributed by atoms with E-state index in [9.17, 15) is 5.11 Å². The summed E-state index contributed by atoms with van der Waals surface area (Å²) < 4.78 is 0. The minimum absolute atomic E-state index is 0.447. The molecule has 80 valence electrons. The van der Waals surface area contributed by atoms with Gasteiger partial charge in [-0.05, 0) is 24.1 Å². The number of nitrogens with zero attached hydrogens (tertiary/aromatic N) is 1. The van der Waals surface area contributed by atoms with Gasteiger partial charge in [0.25, 0.3) is 0 Å². The van der Waals surface area contributed by atoms with E-state index in [4.69, 9.17) is 6.42 Å². The van der Waals surface area contributed by atoms with E-state index in [0.29, 0.717) is 12.8 Å². The quantitative estimate of drug-likeness (QED) is 0.758. The van der Waals surface area contributed by atoms with Crippen molar-refractivity contribution in [3.8, 4) is 12.3 Å². The van der Waals surface area contributed by atoms with Crippen molar-refractivity contribution in [3.05, 3.63) is 29.8 Å².